The Morgan fingerprint density at radius 1 is 1.37 bits per heavy atom. The number of aryl methyl sites for hydroxylation is 1. The van der Waals surface area contributed by atoms with Crippen LogP contribution in [0.3, 0.4) is 0 Å². The summed E-state index contributed by atoms with van der Waals surface area (Å²) in [5.41, 5.74) is 1.13. The SMILES string of the molecule is CCN(CCO)C(=O)C(=O)Nc1ccc(O)cc1C. The average molecular weight is 266 g/mol. The molecule has 0 aromatic heterocycles. The lowest BCUT2D eigenvalue weighted by Crippen LogP contribution is -2.41. The van der Waals surface area contributed by atoms with Crippen molar-refractivity contribution in [2.45, 2.75) is 13.8 Å². The largest absolute Gasteiger partial charge is 0.508 e. The van der Waals surface area contributed by atoms with Crippen LogP contribution in [-0.2, 0) is 9.59 Å². The second-order valence-corrected chi connectivity index (χ2v) is 4.06. The first kappa shape index (κ1) is 15.0. The number of aromatic hydroxyl groups is 1. The number of carbonyl (C=O) groups is 2. The normalized spacial score (nSPS) is 10.1. The first-order valence-corrected chi connectivity index (χ1v) is 6.00. The van der Waals surface area contributed by atoms with Crippen LogP contribution in [0.15, 0.2) is 18.2 Å². The fourth-order valence-electron chi connectivity index (χ4n) is 1.63. The van der Waals surface area contributed by atoms with Crippen LogP contribution < -0.4 is 5.32 Å². The summed E-state index contributed by atoms with van der Waals surface area (Å²) >= 11 is 0. The molecule has 19 heavy (non-hydrogen) atoms. The van der Waals surface area contributed by atoms with E-state index in [1.807, 2.05) is 0 Å². The first-order valence-electron chi connectivity index (χ1n) is 6.00. The molecule has 2 amide bonds. The maximum atomic E-state index is 11.8. The van der Waals surface area contributed by atoms with Gasteiger partial charge in [0.15, 0.2) is 0 Å². The quantitative estimate of drug-likeness (QED) is 0.546. The van der Waals surface area contributed by atoms with Gasteiger partial charge in [-0.05, 0) is 37.6 Å². The molecule has 1 rings (SSSR count). The number of aliphatic hydroxyl groups excluding tert-OH is 1. The van der Waals surface area contributed by atoms with E-state index in [2.05, 4.69) is 5.32 Å². The molecule has 0 aliphatic carbocycles. The minimum atomic E-state index is -0.760. The van der Waals surface area contributed by atoms with Gasteiger partial charge in [0.05, 0.1) is 6.61 Å². The molecule has 0 heterocycles. The molecule has 0 aliphatic heterocycles. The Bertz CT molecular complexity index is 474. The van der Waals surface area contributed by atoms with Crippen molar-refractivity contribution in [1.29, 1.82) is 0 Å². The van der Waals surface area contributed by atoms with Crippen LogP contribution in [0.2, 0.25) is 0 Å². The number of nitrogens with zero attached hydrogens (tertiary/aromatic N) is 1. The van der Waals surface area contributed by atoms with Gasteiger partial charge in [0.1, 0.15) is 5.75 Å². The van der Waals surface area contributed by atoms with Crippen molar-refractivity contribution >= 4 is 17.5 Å². The van der Waals surface area contributed by atoms with Gasteiger partial charge in [0.2, 0.25) is 0 Å². The zero-order valence-corrected chi connectivity index (χ0v) is 11.0. The summed E-state index contributed by atoms with van der Waals surface area (Å²) in [5.74, 6) is -1.36. The van der Waals surface area contributed by atoms with Crippen molar-refractivity contribution in [3.8, 4) is 5.75 Å². The van der Waals surface area contributed by atoms with Crippen LogP contribution in [0, 0.1) is 6.92 Å². The maximum absolute atomic E-state index is 11.8. The second kappa shape index (κ2) is 6.75. The number of benzene rings is 1. The molecule has 0 bridgehead atoms. The molecular weight excluding hydrogens is 248 g/mol. The zero-order chi connectivity index (χ0) is 14.4. The highest BCUT2D eigenvalue weighted by molar-refractivity contribution is 6.39. The van der Waals surface area contributed by atoms with Crippen LogP contribution in [0.1, 0.15) is 12.5 Å². The third-order valence-electron chi connectivity index (χ3n) is 2.69. The monoisotopic (exact) mass is 266 g/mol. The predicted molar refractivity (Wildman–Crippen MR) is 70.8 cm³/mol. The first-order chi connectivity index (χ1) is 8.99. The maximum Gasteiger partial charge on any atom is 0.313 e. The molecule has 6 heteroatoms. The van der Waals surface area contributed by atoms with E-state index in [0.717, 1.165) is 0 Å². The molecule has 3 N–H and O–H groups in total. The molecule has 0 saturated heterocycles. The van der Waals surface area contributed by atoms with Gasteiger partial charge in [-0.3, -0.25) is 9.59 Å². The smallest absolute Gasteiger partial charge is 0.313 e. The van der Waals surface area contributed by atoms with E-state index in [1.165, 1.54) is 23.1 Å². The van der Waals surface area contributed by atoms with E-state index < -0.39 is 11.8 Å². The van der Waals surface area contributed by atoms with E-state index in [-0.39, 0.29) is 18.9 Å². The summed E-state index contributed by atoms with van der Waals surface area (Å²) < 4.78 is 0. The molecule has 1 aromatic rings. The highest BCUT2D eigenvalue weighted by atomic mass is 16.3. The Morgan fingerprint density at radius 2 is 2.05 bits per heavy atom. The fraction of sp³-hybridized carbons (Fsp3) is 0.385. The van der Waals surface area contributed by atoms with Crippen molar-refractivity contribution in [1.82, 2.24) is 4.90 Å². The lowest BCUT2D eigenvalue weighted by molar-refractivity contribution is -0.143. The van der Waals surface area contributed by atoms with Gasteiger partial charge in [-0.15, -0.1) is 0 Å². The summed E-state index contributed by atoms with van der Waals surface area (Å²) in [7, 11) is 0. The number of phenols is 1. The van der Waals surface area contributed by atoms with Crippen molar-refractivity contribution in [2.24, 2.45) is 0 Å². The topological polar surface area (TPSA) is 89.9 Å². The molecule has 0 fully saturated rings. The number of rotatable bonds is 4. The Kier molecular flexibility index (Phi) is 5.32. The number of aliphatic hydroxyl groups is 1. The number of amides is 2. The number of hydrogen-bond donors (Lipinski definition) is 3. The van der Waals surface area contributed by atoms with Crippen LogP contribution in [0.25, 0.3) is 0 Å². The van der Waals surface area contributed by atoms with E-state index in [1.54, 1.807) is 13.8 Å². The Morgan fingerprint density at radius 3 is 2.58 bits per heavy atom. The molecular formula is C13H18N2O4. The fourth-order valence-corrected chi connectivity index (χ4v) is 1.63. The summed E-state index contributed by atoms with van der Waals surface area (Å²) in [6.07, 6.45) is 0. The summed E-state index contributed by atoms with van der Waals surface area (Å²) in [5, 5.41) is 20.6. The van der Waals surface area contributed by atoms with Gasteiger partial charge in [-0.25, -0.2) is 0 Å². The minimum absolute atomic E-state index is 0.0947. The van der Waals surface area contributed by atoms with Gasteiger partial charge in [-0.1, -0.05) is 0 Å². The van der Waals surface area contributed by atoms with Crippen LogP contribution >= 0.6 is 0 Å². The van der Waals surface area contributed by atoms with Gasteiger partial charge < -0.3 is 20.4 Å². The van der Waals surface area contributed by atoms with Crippen molar-refractivity contribution in [3.05, 3.63) is 23.8 Å². The summed E-state index contributed by atoms with van der Waals surface area (Å²) in [4.78, 5) is 24.8. The van der Waals surface area contributed by atoms with Gasteiger partial charge >= 0.3 is 11.8 Å². The Balaban J connectivity index is 2.76. The van der Waals surface area contributed by atoms with Gasteiger partial charge in [0, 0.05) is 18.8 Å². The predicted octanol–water partition coefficient (Wildman–Crippen LogP) is 0.480. The van der Waals surface area contributed by atoms with Crippen molar-refractivity contribution in [3.63, 3.8) is 0 Å². The number of likely N-dealkylation sites (N-methyl/N-ethyl adjacent to an activating group) is 1. The Hall–Kier alpha value is -2.08. The average Bonchev–Trinajstić information content (AvgIpc) is 2.38. The molecule has 0 aliphatic rings. The lowest BCUT2D eigenvalue weighted by atomic mass is 10.2. The Labute approximate surface area is 111 Å². The van der Waals surface area contributed by atoms with Crippen molar-refractivity contribution < 1.29 is 19.8 Å². The zero-order valence-electron chi connectivity index (χ0n) is 11.0. The number of hydrogen-bond acceptors (Lipinski definition) is 4. The van der Waals surface area contributed by atoms with E-state index in [0.29, 0.717) is 17.8 Å². The standard InChI is InChI=1S/C13H18N2O4/c1-3-15(6-7-16)13(19)12(18)14-11-5-4-10(17)8-9(11)2/h4-5,8,16-17H,3,6-7H2,1-2H3,(H,14,18). The molecule has 1 aromatic carbocycles. The molecule has 6 nitrogen and oxygen atoms in total. The molecule has 0 saturated carbocycles. The van der Waals surface area contributed by atoms with Crippen LogP contribution in [0.5, 0.6) is 5.75 Å². The van der Waals surface area contributed by atoms with E-state index >= 15 is 0 Å². The third kappa shape index (κ3) is 3.96. The van der Waals surface area contributed by atoms with Crippen LogP contribution in [-0.4, -0.2) is 46.6 Å². The number of phenolic OH excluding ortho intramolecular Hbond substituents is 1. The molecule has 0 radical (unpaired) electrons. The minimum Gasteiger partial charge on any atom is -0.508 e. The second-order valence-electron chi connectivity index (χ2n) is 4.06. The molecule has 104 valence electrons. The van der Waals surface area contributed by atoms with Gasteiger partial charge in [-0.2, -0.15) is 0 Å². The highest BCUT2D eigenvalue weighted by Gasteiger charge is 2.20. The highest BCUT2D eigenvalue weighted by Crippen LogP contribution is 2.20. The van der Waals surface area contributed by atoms with E-state index in [4.69, 9.17) is 5.11 Å². The summed E-state index contributed by atoms with van der Waals surface area (Å²) in [6, 6.07) is 4.45. The molecule has 0 unspecified atom stereocenters. The molecule has 0 spiro atoms. The van der Waals surface area contributed by atoms with Crippen molar-refractivity contribution in [2.75, 3.05) is 25.0 Å². The lowest BCUT2D eigenvalue weighted by Gasteiger charge is -2.19. The van der Waals surface area contributed by atoms with E-state index in [9.17, 15) is 14.7 Å². The third-order valence-corrected chi connectivity index (χ3v) is 2.69. The number of carbonyl (C=O) groups excluding carboxylic acids is 2. The summed E-state index contributed by atoms with van der Waals surface area (Å²) in [6.45, 7) is 3.72. The van der Waals surface area contributed by atoms with Crippen LogP contribution in [0.4, 0.5) is 5.69 Å². The van der Waals surface area contributed by atoms with Gasteiger partial charge in [0.25, 0.3) is 0 Å². The number of anilines is 1. The number of nitrogens with one attached hydrogen (secondary N) is 1. The molecule has 0 atom stereocenters.